The van der Waals surface area contributed by atoms with Crippen LogP contribution in [0.25, 0.3) is 0 Å². The summed E-state index contributed by atoms with van der Waals surface area (Å²) in [6.07, 6.45) is 2.21. The summed E-state index contributed by atoms with van der Waals surface area (Å²) in [6, 6.07) is 7.29. The molecule has 0 saturated carbocycles. The highest BCUT2D eigenvalue weighted by Gasteiger charge is 2.35. The number of rotatable bonds is 5. The predicted octanol–water partition coefficient (Wildman–Crippen LogP) is 3.50. The van der Waals surface area contributed by atoms with Gasteiger partial charge in [-0.2, -0.15) is 0 Å². The van der Waals surface area contributed by atoms with Crippen molar-refractivity contribution in [3.05, 3.63) is 41.1 Å². The van der Waals surface area contributed by atoms with Crippen molar-refractivity contribution in [3.8, 4) is 0 Å². The third kappa shape index (κ3) is 4.26. The molecule has 2 N–H and O–H groups in total. The number of esters is 1. The van der Waals surface area contributed by atoms with Crippen molar-refractivity contribution >= 4 is 17.7 Å². The van der Waals surface area contributed by atoms with Gasteiger partial charge in [0.05, 0.1) is 17.7 Å². The number of benzene rings is 1. The lowest BCUT2D eigenvalue weighted by molar-refractivity contribution is -0.143. The van der Waals surface area contributed by atoms with E-state index in [1.54, 1.807) is 0 Å². The summed E-state index contributed by atoms with van der Waals surface area (Å²) in [6.45, 7) is 9.71. The second-order valence-electron chi connectivity index (χ2n) is 7.75. The van der Waals surface area contributed by atoms with E-state index in [9.17, 15) is 9.59 Å². The van der Waals surface area contributed by atoms with Crippen LogP contribution in [0, 0.1) is 5.92 Å². The molecule has 6 heteroatoms. The molecule has 0 spiro atoms. The SMILES string of the molecule is CC(C)OC(=O)C1=C(C(C)C)NC(=O)NC1c1ccc(N2CCCC2)cc1. The fourth-order valence-corrected chi connectivity index (χ4v) is 3.65. The Hall–Kier alpha value is -2.50. The second kappa shape index (κ2) is 8.03. The van der Waals surface area contributed by atoms with Gasteiger partial charge in [-0.25, -0.2) is 9.59 Å². The third-order valence-electron chi connectivity index (χ3n) is 4.94. The monoisotopic (exact) mass is 371 g/mol. The van der Waals surface area contributed by atoms with Crippen LogP contribution in [0.15, 0.2) is 35.5 Å². The van der Waals surface area contributed by atoms with E-state index in [-0.39, 0.29) is 18.1 Å². The average molecular weight is 371 g/mol. The molecule has 0 aromatic heterocycles. The third-order valence-corrected chi connectivity index (χ3v) is 4.94. The van der Waals surface area contributed by atoms with Crippen LogP contribution in [0.3, 0.4) is 0 Å². The standard InChI is InChI=1S/C21H29N3O3/c1-13(2)18-17(20(25)27-14(3)4)19(23-21(26)22-18)15-7-9-16(10-8-15)24-11-5-6-12-24/h7-10,13-14,19H,5-6,11-12H2,1-4H3,(H2,22,23,26). The number of carbonyl (C=O) groups excluding carboxylic acids is 2. The molecular formula is C21H29N3O3. The molecule has 1 atom stereocenters. The van der Waals surface area contributed by atoms with E-state index >= 15 is 0 Å². The van der Waals surface area contributed by atoms with Gasteiger partial charge in [0, 0.05) is 24.5 Å². The maximum absolute atomic E-state index is 12.8. The van der Waals surface area contributed by atoms with Gasteiger partial charge in [0.25, 0.3) is 0 Å². The number of amides is 2. The Kier molecular flexibility index (Phi) is 5.73. The first kappa shape index (κ1) is 19.3. The molecular weight excluding hydrogens is 342 g/mol. The topological polar surface area (TPSA) is 70.7 Å². The maximum atomic E-state index is 12.8. The average Bonchev–Trinajstić information content (AvgIpc) is 3.15. The molecule has 3 rings (SSSR count). The number of hydrogen-bond acceptors (Lipinski definition) is 4. The molecule has 1 saturated heterocycles. The second-order valence-corrected chi connectivity index (χ2v) is 7.75. The van der Waals surface area contributed by atoms with E-state index in [1.165, 1.54) is 18.5 Å². The lowest BCUT2D eigenvalue weighted by atomic mass is 9.91. The van der Waals surface area contributed by atoms with Crippen LogP contribution in [-0.2, 0) is 9.53 Å². The van der Waals surface area contributed by atoms with Gasteiger partial charge >= 0.3 is 12.0 Å². The number of nitrogens with one attached hydrogen (secondary N) is 2. The predicted molar refractivity (Wildman–Crippen MR) is 105 cm³/mol. The van der Waals surface area contributed by atoms with Crippen molar-refractivity contribution in [1.82, 2.24) is 10.6 Å². The smallest absolute Gasteiger partial charge is 0.338 e. The number of allylic oxidation sites excluding steroid dienone is 1. The van der Waals surface area contributed by atoms with Crippen LogP contribution in [0.5, 0.6) is 0 Å². The molecule has 2 heterocycles. The molecule has 146 valence electrons. The van der Waals surface area contributed by atoms with E-state index < -0.39 is 12.0 Å². The number of urea groups is 1. The lowest BCUT2D eigenvalue weighted by Gasteiger charge is -2.31. The van der Waals surface area contributed by atoms with E-state index in [1.807, 2.05) is 39.8 Å². The Bertz CT molecular complexity index is 732. The molecule has 6 nitrogen and oxygen atoms in total. The summed E-state index contributed by atoms with van der Waals surface area (Å²) in [4.78, 5) is 27.4. The zero-order chi connectivity index (χ0) is 19.6. The zero-order valence-corrected chi connectivity index (χ0v) is 16.5. The van der Waals surface area contributed by atoms with Gasteiger partial charge in [0.1, 0.15) is 0 Å². The summed E-state index contributed by atoms with van der Waals surface area (Å²) in [5.74, 6) is -0.396. The summed E-state index contributed by atoms with van der Waals surface area (Å²) in [5.41, 5.74) is 3.16. The zero-order valence-electron chi connectivity index (χ0n) is 16.5. The van der Waals surface area contributed by atoms with Gasteiger partial charge in [-0.1, -0.05) is 26.0 Å². The highest BCUT2D eigenvalue weighted by Crippen LogP contribution is 2.32. The number of hydrogen-bond donors (Lipinski definition) is 2. The molecule has 0 bridgehead atoms. The first-order chi connectivity index (χ1) is 12.9. The molecule has 1 unspecified atom stereocenters. The maximum Gasteiger partial charge on any atom is 0.338 e. The first-order valence-corrected chi connectivity index (χ1v) is 9.74. The molecule has 1 aromatic rings. The Morgan fingerprint density at radius 3 is 2.30 bits per heavy atom. The lowest BCUT2D eigenvalue weighted by Crippen LogP contribution is -2.47. The van der Waals surface area contributed by atoms with Crippen LogP contribution in [0.4, 0.5) is 10.5 Å². The van der Waals surface area contributed by atoms with Gasteiger partial charge in [0.15, 0.2) is 0 Å². The van der Waals surface area contributed by atoms with Gasteiger partial charge in [0.2, 0.25) is 0 Å². The number of nitrogens with zero attached hydrogens (tertiary/aromatic N) is 1. The minimum absolute atomic E-state index is 0.00265. The van der Waals surface area contributed by atoms with Gasteiger partial charge in [-0.15, -0.1) is 0 Å². The van der Waals surface area contributed by atoms with E-state index in [4.69, 9.17) is 4.74 Å². The van der Waals surface area contributed by atoms with Gasteiger partial charge in [-0.05, 0) is 50.3 Å². The van der Waals surface area contributed by atoms with Crippen molar-refractivity contribution in [3.63, 3.8) is 0 Å². The Balaban J connectivity index is 1.95. The molecule has 1 fully saturated rings. The van der Waals surface area contributed by atoms with Gasteiger partial charge in [-0.3, -0.25) is 0 Å². The normalized spacial score (nSPS) is 20.1. The summed E-state index contributed by atoms with van der Waals surface area (Å²) in [7, 11) is 0. The Morgan fingerprint density at radius 2 is 1.74 bits per heavy atom. The minimum atomic E-state index is -0.518. The van der Waals surface area contributed by atoms with Crippen molar-refractivity contribution in [2.24, 2.45) is 5.92 Å². The Labute approximate surface area is 161 Å². The van der Waals surface area contributed by atoms with Crippen molar-refractivity contribution in [2.45, 2.75) is 52.7 Å². The van der Waals surface area contributed by atoms with E-state index in [0.717, 1.165) is 18.7 Å². The largest absolute Gasteiger partial charge is 0.459 e. The number of anilines is 1. The fraction of sp³-hybridized carbons (Fsp3) is 0.524. The van der Waals surface area contributed by atoms with Crippen molar-refractivity contribution in [1.29, 1.82) is 0 Å². The molecule has 2 aliphatic rings. The van der Waals surface area contributed by atoms with Crippen molar-refractivity contribution < 1.29 is 14.3 Å². The molecule has 0 radical (unpaired) electrons. The van der Waals surface area contributed by atoms with Crippen LogP contribution in [0.2, 0.25) is 0 Å². The van der Waals surface area contributed by atoms with Crippen LogP contribution in [0.1, 0.15) is 52.1 Å². The van der Waals surface area contributed by atoms with E-state index in [2.05, 4.69) is 27.7 Å². The summed E-state index contributed by atoms with van der Waals surface area (Å²) >= 11 is 0. The molecule has 1 aromatic carbocycles. The van der Waals surface area contributed by atoms with Crippen LogP contribution < -0.4 is 15.5 Å². The summed E-state index contributed by atoms with van der Waals surface area (Å²) in [5, 5.41) is 5.68. The highest BCUT2D eigenvalue weighted by atomic mass is 16.5. The number of ether oxygens (including phenoxy) is 1. The minimum Gasteiger partial charge on any atom is -0.459 e. The Morgan fingerprint density at radius 1 is 1.11 bits per heavy atom. The highest BCUT2D eigenvalue weighted by molar-refractivity contribution is 5.95. The molecule has 27 heavy (non-hydrogen) atoms. The number of carbonyl (C=O) groups is 2. The van der Waals surface area contributed by atoms with E-state index in [0.29, 0.717) is 11.3 Å². The van der Waals surface area contributed by atoms with Crippen LogP contribution in [-0.4, -0.2) is 31.2 Å². The molecule has 2 amide bonds. The quantitative estimate of drug-likeness (QED) is 0.777. The van der Waals surface area contributed by atoms with Crippen molar-refractivity contribution in [2.75, 3.05) is 18.0 Å². The fourth-order valence-electron chi connectivity index (χ4n) is 3.65. The van der Waals surface area contributed by atoms with Crippen LogP contribution >= 0.6 is 0 Å². The molecule has 2 aliphatic heterocycles. The van der Waals surface area contributed by atoms with Gasteiger partial charge < -0.3 is 20.3 Å². The summed E-state index contributed by atoms with van der Waals surface area (Å²) < 4.78 is 5.47. The first-order valence-electron chi connectivity index (χ1n) is 9.74. The molecule has 0 aliphatic carbocycles.